The number of hydrogen-bond donors (Lipinski definition) is 0. The summed E-state index contributed by atoms with van der Waals surface area (Å²) in [5.74, 6) is -1.39. The molecule has 0 N–H and O–H groups in total. The maximum atomic E-state index is 10.8. The van der Waals surface area contributed by atoms with Crippen LogP contribution in [0.1, 0.15) is 27.7 Å². The van der Waals surface area contributed by atoms with Crippen molar-refractivity contribution in [3.05, 3.63) is 60.7 Å². The van der Waals surface area contributed by atoms with Crippen molar-refractivity contribution < 1.29 is 14.3 Å². The molecule has 0 heterocycles. The van der Waals surface area contributed by atoms with Crippen LogP contribution >= 0.6 is 9.90 Å². The first kappa shape index (κ1) is 22.0. The van der Waals surface area contributed by atoms with Crippen molar-refractivity contribution >= 4 is 21.8 Å². The average Bonchev–Trinajstić information content (AvgIpc) is 2.56. The summed E-state index contributed by atoms with van der Waals surface area (Å²) < 4.78 is 4.50. The van der Waals surface area contributed by atoms with E-state index in [1.807, 2.05) is 12.1 Å². The van der Waals surface area contributed by atoms with Gasteiger partial charge in [-0.25, -0.2) is 0 Å². The molecule has 0 amide bonds. The summed E-state index contributed by atoms with van der Waals surface area (Å²) >= 11 is 0. The van der Waals surface area contributed by atoms with Gasteiger partial charge in [0.1, 0.15) is 0 Å². The Morgan fingerprint density at radius 2 is 0.958 bits per heavy atom. The van der Waals surface area contributed by atoms with E-state index in [-0.39, 0.29) is 21.7 Å². The van der Waals surface area contributed by atoms with E-state index < -0.39 is 11.9 Å². The van der Waals surface area contributed by atoms with E-state index in [1.54, 1.807) is 27.7 Å². The predicted octanol–water partition coefficient (Wildman–Crippen LogP) is 4.78. The van der Waals surface area contributed by atoms with Crippen LogP contribution in [0.25, 0.3) is 11.1 Å². The molecule has 24 heavy (non-hydrogen) atoms. The van der Waals surface area contributed by atoms with Gasteiger partial charge in [-0.1, -0.05) is 88.4 Å². The van der Waals surface area contributed by atoms with Crippen LogP contribution in [0.2, 0.25) is 0 Å². The van der Waals surface area contributed by atoms with Crippen LogP contribution in [-0.2, 0) is 14.3 Å². The third-order valence-corrected chi connectivity index (χ3v) is 3.02. The Hall–Kier alpha value is -1.99. The van der Waals surface area contributed by atoms with Crippen LogP contribution in [0.3, 0.4) is 0 Å². The van der Waals surface area contributed by atoms with Crippen LogP contribution in [-0.4, -0.2) is 11.9 Å². The fraction of sp³-hybridized carbons (Fsp3) is 0.300. The van der Waals surface area contributed by atoms with E-state index in [1.165, 1.54) is 11.1 Å². The van der Waals surface area contributed by atoms with Gasteiger partial charge in [0.05, 0.1) is 11.8 Å². The molecular formula is C20H27O3P. The van der Waals surface area contributed by atoms with Crippen molar-refractivity contribution in [1.29, 1.82) is 0 Å². The van der Waals surface area contributed by atoms with E-state index >= 15 is 0 Å². The predicted molar refractivity (Wildman–Crippen MR) is 104 cm³/mol. The van der Waals surface area contributed by atoms with Gasteiger partial charge in [-0.2, -0.15) is 9.90 Å². The lowest BCUT2D eigenvalue weighted by Crippen LogP contribution is -2.20. The number of carbonyl (C=O) groups is 2. The fourth-order valence-electron chi connectivity index (χ4n) is 1.60. The zero-order valence-electron chi connectivity index (χ0n) is 14.9. The van der Waals surface area contributed by atoms with E-state index in [0.29, 0.717) is 0 Å². The van der Waals surface area contributed by atoms with E-state index in [2.05, 4.69) is 53.3 Å². The number of benzene rings is 2. The molecule has 0 aliphatic rings. The first-order valence-corrected chi connectivity index (χ1v) is 7.77. The molecule has 2 aromatic carbocycles. The third-order valence-electron chi connectivity index (χ3n) is 3.02. The maximum Gasteiger partial charge on any atom is 0.316 e. The van der Waals surface area contributed by atoms with Crippen molar-refractivity contribution in [1.82, 2.24) is 0 Å². The lowest BCUT2D eigenvalue weighted by atomic mass is 10.1. The molecule has 0 fully saturated rings. The first-order valence-electron chi connectivity index (χ1n) is 7.77. The maximum absolute atomic E-state index is 10.8. The van der Waals surface area contributed by atoms with E-state index in [9.17, 15) is 9.59 Å². The summed E-state index contributed by atoms with van der Waals surface area (Å²) in [5, 5.41) is 0. The molecule has 2 aromatic rings. The standard InChI is InChI=1S/C12H10.C8H14O3.H3P/c1-3-7-11(8-4-1)12-9-5-2-6-10-12;1-5(2)7(9)11-8(10)6(3)4;/h1-10H;5-6H,1-4H3;1H3. The molecule has 0 aromatic heterocycles. The summed E-state index contributed by atoms with van der Waals surface area (Å²) in [7, 11) is 0. The average molecular weight is 346 g/mol. The summed E-state index contributed by atoms with van der Waals surface area (Å²) in [6, 6.07) is 20.8. The molecule has 1 unspecified atom stereocenters. The van der Waals surface area contributed by atoms with Gasteiger partial charge in [0.15, 0.2) is 0 Å². The number of hydrogen-bond acceptors (Lipinski definition) is 3. The minimum atomic E-state index is -0.455. The molecule has 4 heteroatoms. The van der Waals surface area contributed by atoms with Gasteiger partial charge in [-0.05, 0) is 11.1 Å². The Labute approximate surface area is 148 Å². The SMILES string of the molecule is CC(C)C(=O)OC(=O)C(C)C.P.c1ccc(-c2ccccc2)cc1. The summed E-state index contributed by atoms with van der Waals surface area (Å²) in [6.07, 6.45) is 0. The molecule has 2 rings (SSSR count). The van der Waals surface area contributed by atoms with Gasteiger partial charge in [0.25, 0.3) is 0 Å². The smallest absolute Gasteiger partial charge is 0.316 e. The molecule has 0 saturated carbocycles. The van der Waals surface area contributed by atoms with Gasteiger partial charge in [-0.3, -0.25) is 9.59 Å². The summed E-state index contributed by atoms with van der Waals surface area (Å²) in [6.45, 7) is 6.76. The van der Waals surface area contributed by atoms with Crippen molar-refractivity contribution in [2.75, 3.05) is 0 Å². The lowest BCUT2D eigenvalue weighted by Gasteiger charge is -2.06. The van der Waals surface area contributed by atoms with Crippen molar-refractivity contribution in [3.8, 4) is 11.1 Å². The summed E-state index contributed by atoms with van der Waals surface area (Å²) in [5.41, 5.74) is 2.55. The summed E-state index contributed by atoms with van der Waals surface area (Å²) in [4.78, 5) is 21.6. The van der Waals surface area contributed by atoms with Crippen LogP contribution in [0, 0.1) is 11.8 Å². The minimum absolute atomic E-state index is 0. The zero-order chi connectivity index (χ0) is 17.2. The second-order valence-corrected chi connectivity index (χ2v) is 5.78. The van der Waals surface area contributed by atoms with Crippen LogP contribution < -0.4 is 0 Å². The van der Waals surface area contributed by atoms with Crippen molar-refractivity contribution in [2.45, 2.75) is 27.7 Å². The number of carbonyl (C=O) groups excluding carboxylic acids is 2. The molecule has 130 valence electrons. The highest BCUT2D eigenvalue weighted by atomic mass is 31.0. The highest BCUT2D eigenvalue weighted by molar-refractivity contribution is 6.92. The van der Waals surface area contributed by atoms with E-state index in [4.69, 9.17) is 0 Å². The highest BCUT2D eigenvalue weighted by Gasteiger charge is 2.16. The normalized spacial score (nSPS) is 9.58. The van der Waals surface area contributed by atoms with Gasteiger partial charge in [-0.15, -0.1) is 0 Å². The monoisotopic (exact) mass is 346 g/mol. The highest BCUT2D eigenvalue weighted by Crippen LogP contribution is 2.17. The van der Waals surface area contributed by atoms with Gasteiger partial charge < -0.3 is 4.74 Å². The lowest BCUT2D eigenvalue weighted by molar-refractivity contribution is -0.164. The van der Waals surface area contributed by atoms with Crippen molar-refractivity contribution in [2.24, 2.45) is 11.8 Å². The van der Waals surface area contributed by atoms with Crippen LogP contribution in [0.4, 0.5) is 0 Å². The second kappa shape index (κ2) is 11.5. The van der Waals surface area contributed by atoms with Gasteiger partial charge in [0, 0.05) is 0 Å². The molecule has 0 radical (unpaired) electrons. The zero-order valence-corrected chi connectivity index (χ0v) is 16.3. The minimum Gasteiger partial charge on any atom is -0.393 e. The fourth-order valence-corrected chi connectivity index (χ4v) is 1.60. The number of esters is 2. The molecular weight excluding hydrogens is 319 g/mol. The third kappa shape index (κ3) is 8.03. The van der Waals surface area contributed by atoms with Gasteiger partial charge >= 0.3 is 11.9 Å². The largest absolute Gasteiger partial charge is 0.393 e. The van der Waals surface area contributed by atoms with Gasteiger partial charge in [0.2, 0.25) is 0 Å². The molecule has 0 aliphatic heterocycles. The van der Waals surface area contributed by atoms with Crippen LogP contribution in [0.5, 0.6) is 0 Å². The molecule has 0 saturated heterocycles. The Balaban J connectivity index is 0.000000426. The molecule has 0 aliphatic carbocycles. The Morgan fingerprint density at radius 1 is 0.667 bits per heavy atom. The van der Waals surface area contributed by atoms with Crippen LogP contribution in [0.15, 0.2) is 60.7 Å². The Bertz CT molecular complexity index is 552. The molecule has 1 atom stereocenters. The molecule has 0 bridgehead atoms. The topological polar surface area (TPSA) is 43.4 Å². The molecule has 0 spiro atoms. The quantitative estimate of drug-likeness (QED) is 0.456. The second-order valence-electron chi connectivity index (χ2n) is 5.78. The molecule has 3 nitrogen and oxygen atoms in total. The Kier molecular flexibility index (Phi) is 10.6. The van der Waals surface area contributed by atoms with Crippen molar-refractivity contribution in [3.63, 3.8) is 0 Å². The Morgan fingerprint density at radius 3 is 1.21 bits per heavy atom. The number of ether oxygens (including phenoxy) is 1. The van der Waals surface area contributed by atoms with E-state index in [0.717, 1.165) is 0 Å². The number of rotatable bonds is 3. The first-order chi connectivity index (χ1) is 10.9.